The minimum atomic E-state index is -0.400. The van der Waals surface area contributed by atoms with Crippen molar-refractivity contribution in [1.82, 2.24) is 5.32 Å². The third-order valence-corrected chi connectivity index (χ3v) is 4.75. The Morgan fingerprint density at radius 3 is 2.31 bits per heavy atom. The Labute approximate surface area is 159 Å². The highest BCUT2D eigenvalue weighted by Gasteiger charge is 2.20. The molecule has 2 aromatic carbocycles. The molecule has 0 aliphatic carbocycles. The summed E-state index contributed by atoms with van der Waals surface area (Å²) < 4.78 is 6.71. The average Bonchev–Trinajstić information content (AvgIpc) is 2.97. The quantitative estimate of drug-likeness (QED) is 0.660. The fourth-order valence-corrected chi connectivity index (χ4v) is 3.14. The molecule has 0 aliphatic heterocycles. The van der Waals surface area contributed by atoms with Gasteiger partial charge in [-0.3, -0.25) is 9.59 Å². The van der Waals surface area contributed by atoms with Crippen LogP contribution in [-0.4, -0.2) is 18.4 Å². The SMILES string of the molecule is Cc1ccc(C)c2c(C)c(C(=O)NCC(=O)Nc3ccc(Br)cc3)oc12. The van der Waals surface area contributed by atoms with Crippen LogP contribution in [0.2, 0.25) is 0 Å². The average molecular weight is 415 g/mol. The predicted octanol–water partition coefficient (Wildman–Crippen LogP) is 4.49. The zero-order valence-corrected chi connectivity index (χ0v) is 16.4. The second-order valence-electron chi connectivity index (χ2n) is 6.20. The number of aryl methyl sites for hydroxylation is 3. The Hall–Kier alpha value is -2.60. The van der Waals surface area contributed by atoms with E-state index in [1.165, 1.54) is 0 Å². The molecule has 2 amide bonds. The third kappa shape index (κ3) is 3.65. The maximum absolute atomic E-state index is 12.5. The molecule has 0 bridgehead atoms. The number of rotatable bonds is 4. The van der Waals surface area contributed by atoms with Gasteiger partial charge in [-0.05, 0) is 56.2 Å². The van der Waals surface area contributed by atoms with Gasteiger partial charge in [0.2, 0.25) is 5.91 Å². The molecule has 3 rings (SSSR count). The van der Waals surface area contributed by atoms with Gasteiger partial charge in [-0.2, -0.15) is 0 Å². The molecule has 3 aromatic rings. The molecule has 0 aliphatic rings. The van der Waals surface area contributed by atoms with Gasteiger partial charge >= 0.3 is 0 Å². The summed E-state index contributed by atoms with van der Waals surface area (Å²) in [4.78, 5) is 24.5. The van der Waals surface area contributed by atoms with E-state index in [4.69, 9.17) is 4.42 Å². The molecule has 0 atom stereocenters. The molecule has 0 unspecified atom stereocenters. The van der Waals surface area contributed by atoms with Crippen LogP contribution in [0.4, 0.5) is 5.69 Å². The largest absolute Gasteiger partial charge is 0.450 e. The van der Waals surface area contributed by atoms with E-state index in [1.807, 2.05) is 45.0 Å². The van der Waals surface area contributed by atoms with Gasteiger partial charge in [0.1, 0.15) is 5.58 Å². The number of halogens is 1. The molecule has 1 aromatic heterocycles. The Morgan fingerprint density at radius 1 is 1.00 bits per heavy atom. The number of carbonyl (C=O) groups excluding carboxylic acids is 2. The lowest BCUT2D eigenvalue weighted by molar-refractivity contribution is -0.115. The van der Waals surface area contributed by atoms with Crippen LogP contribution in [0.25, 0.3) is 11.0 Å². The zero-order valence-electron chi connectivity index (χ0n) is 14.8. The lowest BCUT2D eigenvalue weighted by atomic mass is 10.0. The van der Waals surface area contributed by atoms with Gasteiger partial charge in [0.15, 0.2) is 5.76 Å². The number of amides is 2. The summed E-state index contributed by atoms with van der Waals surface area (Å²) in [5, 5.41) is 6.30. The molecule has 134 valence electrons. The van der Waals surface area contributed by atoms with E-state index >= 15 is 0 Å². The minimum Gasteiger partial charge on any atom is -0.450 e. The Morgan fingerprint density at radius 2 is 1.65 bits per heavy atom. The molecular weight excluding hydrogens is 396 g/mol. The second-order valence-corrected chi connectivity index (χ2v) is 7.11. The molecule has 0 saturated heterocycles. The summed E-state index contributed by atoms with van der Waals surface area (Å²) >= 11 is 3.34. The fraction of sp³-hybridized carbons (Fsp3) is 0.200. The molecule has 6 heteroatoms. The monoisotopic (exact) mass is 414 g/mol. The molecule has 2 N–H and O–H groups in total. The van der Waals surface area contributed by atoms with Crippen molar-refractivity contribution in [2.75, 3.05) is 11.9 Å². The first-order chi connectivity index (χ1) is 12.4. The van der Waals surface area contributed by atoms with Crippen molar-refractivity contribution in [1.29, 1.82) is 0 Å². The van der Waals surface area contributed by atoms with Gasteiger partial charge in [-0.1, -0.05) is 28.1 Å². The first-order valence-electron chi connectivity index (χ1n) is 8.19. The van der Waals surface area contributed by atoms with Crippen LogP contribution in [0.1, 0.15) is 27.2 Å². The van der Waals surface area contributed by atoms with E-state index in [9.17, 15) is 9.59 Å². The predicted molar refractivity (Wildman–Crippen MR) is 106 cm³/mol. The van der Waals surface area contributed by atoms with Crippen molar-refractivity contribution in [2.24, 2.45) is 0 Å². The Kier molecular flexibility index (Phi) is 5.13. The van der Waals surface area contributed by atoms with E-state index in [-0.39, 0.29) is 18.2 Å². The van der Waals surface area contributed by atoms with Gasteiger partial charge in [0.25, 0.3) is 5.91 Å². The smallest absolute Gasteiger partial charge is 0.287 e. The molecule has 0 saturated carbocycles. The third-order valence-electron chi connectivity index (χ3n) is 4.23. The van der Waals surface area contributed by atoms with Gasteiger partial charge < -0.3 is 15.1 Å². The maximum Gasteiger partial charge on any atom is 0.287 e. The van der Waals surface area contributed by atoms with Crippen LogP contribution >= 0.6 is 15.9 Å². The highest BCUT2D eigenvalue weighted by atomic mass is 79.9. The van der Waals surface area contributed by atoms with Crippen molar-refractivity contribution in [3.63, 3.8) is 0 Å². The van der Waals surface area contributed by atoms with Crippen LogP contribution in [-0.2, 0) is 4.79 Å². The van der Waals surface area contributed by atoms with Crippen LogP contribution in [0.15, 0.2) is 45.3 Å². The molecular formula is C20H19BrN2O3. The summed E-state index contributed by atoms with van der Waals surface area (Å²) in [7, 11) is 0. The molecule has 26 heavy (non-hydrogen) atoms. The van der Waals surface area contributed by atoms with Crippen molar-refractivity contribution >= 4 is 44.4 Å². The van der Waals surface area contributed by atoms with Crippen molar-refractivity contribution in [2.45, 2.75) is 20.8 Å². The number of benzene rings is 2. The maximum atomic E-state index is 12.5. The van der Waals surface area contributed by atoms with E-state index in [0.717, 1.165) is 26.5 Å². The zero-order chi connectivity index (χ0) is 18.8. The second kappa shape index (κ2) is 7.33. The standard InChI is InChI=1S/C20H19BrN2O3/c1-11-4-5-12(2)18-17(11)13(3)19(26-18)20(25)22-10-16(24)23-15-8-6-14(21)7-9-15/h4-9H,10H2,1-3H3,(H,22,25)(H,23,24). The number of anilines is 1. The molecule has 0 fully saturated rings. The number of furan rings is 1. The van der Waals surface area contributed by atoms with Crippen molar-refractivity contribution in [3.05, 3.63) is 63.3 Å². The number of nitrogens with one attached hydrogen (secondary N) is 2. The molecule has 1 heterocycles. The van der Waals surface area contributed by atoms with E-state index < -0.39 is 5.91 Å². The summed E-state index contributed by atoms with van der Waals surface area (Å²) in [6.45, 7) is 5.65. The first-order valence-corrected chi connectivity index (χ1v) is 8.99. The normalized spacial score (nSPS) is 10.8. The number of carbonyl (C=O) groups is 2. The van der Waals surface area contributed by atoms with Crippen LogP contribution < -0.4 is 10.6 Å². The van der Waals surface area contributed by atoms with Gasteiger partial charge in [-0.25, -0.2) is 0 Å². The van der Waals surface area contributed by atoms with Crippen LogP contribution in [0.3, 0.4) is 0 Å². The minimum absolute atomic E-state index is 0.136. The fourth-order valence-electron chi connectivity index (χ4n) is 2.87. The topological polar surface area (TPSA) is 71.3 Å². The summed E-state index contributed by atoms with van der Waals surface area (Å²) in [6.07, 6.45) is 0. The molecule has 5 nitrogen and oxygen atoms in total. The summed E-state index contributed by atoms with van der Waals surface area (Å²) in [6, 6.07) is 11.2. The van der Waals surface area contributed by atoms with Crippen molar-refractivity contribution < 1.29 is 14.0 Å². The molecule has 0 radical (unpaired) electrons. The van der Waals surface area contributed by atoms with E-state index in [2.05, 4.69) is 26.6 Å². The lowest BCUT2D eigenvalue weighted by Crippen LogP contribution is -2.32. The van der Waals surface area contributed by atoms with E-state index in [0.29, 0.717) is 11.3 Å². The number of hydrogen-bond acceptors (Lipinski definition) is 3. The van der Waals surface area contributed by atoms with Gasteiger partial charge in [0.05, 0.1) is 6.54 Å². The highest BCUT2D eigenvalue weighted by Crippen LogP contribution is 2.30. The van der Waals surface area contributed by atoms with Gasteiger partial charge in [-0.15, -0.1) is 0 Å². The van der Waals surface area contributed by atoms with Gasteiger partial charge in [0, 0.05) is 21.1 Å². The summed E-state index contributed by atoms with van der Waals surface area (Å²) in [5.41, 5.74) is 4.19. The number of fused-ring (bicyclic) bond motifs is 1. The molecule has 0 spiro atoms. The highest BCUT2D eigenvalue weighted by molar-refractivity contribution is 9.10. The van der Waals surface area contributed by atoms with Crippen LogP contribution in [0.5, 0.6) is 0 Å². The lowest BCUT2D eigenvalue weighted by Gasteiger charge is -2.06. The first kappa shape index (κ1) is 18.2. The van der Waals surface area contributed by atoms with Crippen LogP contribution in [0, 0.1) is 20.8 Å². The van der Waals surface area contributed by atoms with E-state index in [1.54, 1.807) is 12.1 Å². The summed E-state index contributed by atoms with van der Waals surface area (Å²) in [5.74, 6) is -0.459. The Bertz CT molecular complexity index is 990. The Balaban J connectivity index is 1.70. The number of hydrogen-bond donors (Lipinski definition) is 2. The van der Waals surface area contributed by atoms with Crippen molar-refractivity contribution in [3.8, 4) is 0 Å².